The smallest absolute Gasteiger partial charge is 0.165 e. The molecule has 7 heteroatoms. The van der Waals surface area contributed by atoms with Gasteiger partial charge in [-0.25, -0.2) is 15.0 Å². The van der Waals surface area contributed by atoms with Crippen LogP contribution in [-0.2, 0) is 5.41 Å². The van der Waals surface area contributed by atoms with E-state index in [9.17, 15) is 0 Å². The molecule has 0 unspecified atom stereocenters. The Morgan fingerprint density at radius 2 is 1.13 bits per heavy atom. The van der Waals surface area contributed by atoms with Gasteiger partial charge in [0.1, 0.15) is 28.3 Å². The van der Waals surface area contributed by atoms with Crippen molar-refractivity contribution in [2.24, 2.45) is 0 Å². The summed E-state index contributed by atoms with van der Waals surface area (Å²) in [6.07, 6.45) is 3.47. The summed E-state index contributed by atoms with van der Waals surface area (Å²) in [4.78, 5) is 19.6. The fraction of sp³-hybridized carbons (Fsp3) is 0.100. The lowest BCUT2D eigenvalue weighted by atomic mass is 9.83. The van der Waals surface area contributed by atoms with Gasteiger partial charge in [0.05, 0.1) is 27.6 Å². The van der Waals surface area contributed by atoms with Crippen molar-refractivity contribution < 1.29 is 4.74 Å². The van der Waals surface area contributed by atoms with E-state index < -0.39 is 0 Å². The number of fused-ring (bicyclic) bond motifs is 16. The quantitative estimate of drug-likeness (QED) is 0.183. The lowest BCUT2D eigenvalue weighted by molar-refractivity contribution is 0.484. The third-order valence-electron chi connectivity index (χ3n) is 9.33. The van der Waals surface area contributed by atoms with Crippen LogP contribution in [0.5, 0.6) is 11.5 Å². The summed E-state index contributed by atoms with van der Waals surface area (Å²) >= 11 is 0. The standard InChI is InChI=1S/C40H28N6O/c1-40(2,3)29-9-8-14-34-35(29)25-17-15-23(21-27(25)37-43-30-10-4-6-12-32(30)45(34)37)47-24-16-18-26-28(22-24)38-44-31-11-5-7-13-33(31)46(38)39-36(26)41-19-20-42-39/h4-22H,1-3H3. The molecule has 5 aromatic carbocycles. The zero-order chi connectivity index (χ0) is 31.4. The number of nitrogens with zero attached hydrogens (tertiary/aromatic N) is 6. The Kier molecular flexibility index (Phi) is 5.14. The number of rotatable bonds is 2. The highest BCUT2D eigenvalue weighted by Crippen LogP contribution is 2.40. The number of imidazole rings is 2. The van der Waals surface area contributed by atoms with E-state index in [0.29, 0.717) is 0 Å². The Hall–Kier alpha value is -6.08. The second kappa shape index (κ2) is 9.23. The number of para-hydroxylation sites is 4. The maximum absolute atomic E-state index is 6.65. The molecule has 5 aromatic heterocycles. The topological polar surface area (TPSA) is 69.6 Å². The molecule has 0 aliphatic carbocycles. The van der Waals surface area contributed by atoms with Gasteiger partial charge in [-0.15, -0.1) is 0 Å². The van der Waals surface area contributed by atoms with E-state index in [4.69, 9.17) is 24.7 Å². The van der Waals surface area contributed by atoms with E-state index in [0.717, 1.165) is 83.1 Å². The molecular formula is C40H28N6O. The van der Waals surface area contributed by atoms with Crippen LogP contribution in [0, 0.1) is 0 Å². The van der Waals surface area contributed by atoms with Gasteiger partial charge in [-0.2, -0.15) is 0 Å². The molecule has 0 saturated heterocycles. The first-order valence-electron chi connectivity index (χ1n) is 15.8. The molecule has 5 heterocycles. The fourth-order valence-electron chi connectivity index (χ4n) is 7.29. The maximum Gasteiger partial charge on any atom is 0.165 e. The second-order valence-electron chi connectivity index (χ2n) is 13.2. The summed E-state index contributed by atoms with van der Waals surface area (Å²) in [6, 6.07) is 35.6. The highest BCUT2D eigenvalue weighted by molar-refractivity contribution is 6.16. The Morgan fingerprint density at radius 1 is 0.532 bits per heavy atom. The zero-order valence-corrected chi connectivity index (χ0v) is 26.1. The van der Waals surface area contributed by atoms with Crippen molar-refractivity contribution in [1.82, 2.24) is 28.7 Å². The monoisotopic (exact) mass is 608 g/mol. The van der Waals surface area contributed by atoms with Crippen LogP contribution in [0.25, 0.3) is 77.0 Å². The normalized spacial score (nSPS) is 12.6. The van der Waals surface area contributed by atoms with Crippen molar-refractivity contribution in [3.63, 3.8) is 0 Å². The predicted octanol–water partition coefficient (Wildman–Crippen LogP) is 9.78. The highest BCUT2D eigenvalue weighted by atomic mass is 16.5. The van der Waals surface area contributed by atoms with Crippen LogP contribution in [0.15, 0.2) is 116 Å². The largest absolute Gasteiger partial charge is 0.457 e. The zero-order valence-electron chi connectivity index (χ0n) is 26.1. The van der Waals surface area contributed by atoms with E-state index in [1.165, 1.54) is 10.9 Å². The summed E-state index contributed by atoms with van der Waals surface area (Å²) in [5.74, 6) is 1.46. The van der Waals surface area contributed by atoms with Gasteiger partial charge >= 0.3 is 0 Å². The molecule has 0 fully saturated rings. The summed E-state index contributed by atoms with van der Waals surface area (Å²) in [6.45, 7) is 6.82. The van der Waals surface area contributed by atoms with Gasteiger partial charge < -0.3 is 4.74 Å². The summed E-state index contributed by atoms with van der Waals surface area (Å²) < 4.78 is 11.0. The molecule has 0 bridgehead atoms. The third kappa shape index (κ3) is 3.68. The SMILES string of the molecule is CC(C)(C)c1cccc2c1c1ccc(Oc3ccc4c(c3)c3nc5ccccc5n3c3nccnc43)cc1c1nc3ccccc3n21. The first-order valence-corrected chi connectivity index (χ1v) is 15.8. The lowest BCUT2D eigenvalue weighted by Gasteiger charge is -2.23. The average Bonchev–Trinajstić information content (AvgIpc) is 3.68. The van der Waals surface area contributed by atoms with Crippen LogP contribution >= 0.6 is 0 Å². The van der Waals surface area contributed by atoms with Gasteiger partial charge in [-0.1, -0.05) is 57.2 Å². The van der Waals surface area contributed by atoms with E-state index in [1.807, 2.05) is 30.3 Å². The average molecular weight is 609 g/mol. The molecule has 0 atom stereocenters. The Morgan fingerprint density at radius 3 is 1.85 bits per heavy atom. The third-order valence-corrected chi connectivity index (χ3v) is 9.33. The molecule has 0 radical (unpaired) electrons. The van der Waals surface area contributed by atoms with E-state index in [2.05, 4.69) is 102 Å². The molecule has 0 N–H and O–H groups in total. The molecule has 0 amide bonds. The van der Waals surface area contributed by atoms with E-state index in [-0.39, 0.29) is 5.41 Å². The molecule has 0 aliphatic heterocycles. The Balaban J connectivity index is 1.22. The summed E-state index contributed by atoms with van der Waals surface area (Å²) in [5, 5.41) is 5.38. The predicted molar refractivity (Wildman–Crippen MR) is 190 cm³/mol. The molecule has 47 heavy (non-hydrogen) atoms. The molecule has 0 spiro atoms. The summed E-state index contributed by atoms with van der Waals surface area (Å²) in [7, 11) is 0. The van der Waals surface area contributed by atoms with Gasteiger partial charge in [0.2, 0.25) is 0 Å². The summed E-state index contributed by atoms with van der Waals surface area (Å²) in [5.41, 5.74) is 9.72. The van der Waals surface area contributed by atoms with Crippen LogP contribution in [-0.4, -0.2) is 28.7 Å². The van der Waals surface area contributed by atoms with Crippen LogP contribution in [0.2, 0.25) is 0 Å². The molecular weight excluding hydrogens is 580 g/mol. The van der Waals surface area contributed by atoms with Gasteiger partial charge in [0.25, 0.3) is 0 Å². The maximum atomic E-state index is 6.65. The van der Waals surface area contributed by atoms with Crippen LogP contribution in [0.1, 0.15) is 26.3 Å². The minimum Gasteiger partial charge on any atom is -0.457 e. The van der Waals surface area contributed by atoms with Gasteiger partial charge in [-0.3, -0.25) is 13.8 Å². The van der Waals surface area contributed by atoms with Crippen molar-refractivity contribution in [2.75, 3.05) is 0 Å². The van der Waals surface area contributed by atoms with Crippen LogP contribution < -0.4 is 4.74 Å². The van der Waals surface area contributed by atoms with Crippen molar-refractivity contribution in [3.05, 3.63) is 121 Å². The van der Waals surface area contributed by atoms with Crippen molar-refractivity contribution in [1.29, 1.82) is 0 Å². The Labute approximate surface area is 268 Å². The molecule has 0 saturated carbocycles. The van der Waals surface area contributed by atoms with Crippen molar-refractivity contribution in [3.8, 4) is 11.5 Å². The van der Waals surface area contributed by atoms with Crippen molar-refractivity contribution >= 4 is 77.0 Å². The number of ether oxygens (including phenoxy) is 1. The molecule has 0 aliphatic rings. The van der Waals surface area contributed by atoms with Gasteiger partial charge in [-0.05, 0) is 83.1 Å². The fourth-order valence-corrected chi connectivity index (χ4v) is 7.29. The van der Waals surface area contributed by atoms with E-state index in [1.54, 1.807) is 12.4 Å². The lowest BCUT2D eigenvalue weighted by Crippen LogP contribution is -2.12. The van der Waals surface area contributed by atoms with E-state index >= 15 is 0 Å². The number of pyridine rings is 2. The number of benzene rings is 5. The Bertz CT molecular complexity index is 2930. The number of aromatic nitrogens is 6. The minimum absolute atomic E-state index is 0.0473. The molecule has 224 valence electrons. The number of hydrogen-bond donors (Lipinski definition) is 0. The molecule has 7 nitrogen and oxygen atoms in total. The number of hydrogen-bond acceptors (Lipinski definition) is 5. The van der Waals surface area contributed by atoms with Crippen LogP contribution in [0.4, 0.5) is 0 Å². The molecule has 10 aromatic rings. The van der Waals surface area contributed by atoms with Gasteiger partial charge in [0.15, 0.2) is 5.65 Å². The highest BCUT2D eigenvalue weighted by Gasteiger charge is 2.22. The minimum atomic E-state index is -0.0473. The van der Waals surface area contributed by atoms with Crippen LogP contribution in [0.3, 0.4) is 0 Å². The van der Waals surface area contributed by atoms with Gasteiger partial charge in [0, 0.05) is 33.9 Å². The molecule has 10 rings (SSSR count). The first kappa shape index (κ1) is 26.2. The second-order valence-corrected chi connectivity index (χ2v) is 13.2. The van der Waals surface area contributed by atoms with Crippen molar-refractivity contribution in [2.45, 2.75) is 26.2 Å². The first-order chi connectivity index (χ1) is 22.9.